The molecule has 0 spiro atoms. The van der Waals surface area contributed by atoms with E-state index in [1.807, 2.05) is 30.3 Å². The van der Waals surface area contributed by atoms with Gasteiger partial charge < -0.3 is 5.11 Å². The minimum atomic E-state index is 0.00764. The van der Waals surface area contributed by atoms with Crippen molar-refractivity contribution in [3.05, 3.63) is 64.2 Å². The van der Waals surface area contributed by atoms with Crippen molar-refractivity contribution in [3.8, 4) is 5.75 Å². The molecule has 0 fully saturated rings. The average Bonchev–Trinajstić information content (AvgIpc) is 2.34. The molecular weight excluding hydrogens is 236 g/mol. The fourth-order valence-electron chi connectivity index (χ4n) is 1.72. The number of phenols is 1. The van der Waals surface area contributed by atoms with Gasteiger partial charge in [-0.15, -0.1) is 0 Å². The van der Waals surface area contributed by atoms with Crippen LogP contribution in [0.2, 0.25) is 5.02 Å². The second kappa shape index (κ2) is 5.02. The van der Waals surface area contributed by atoms with Crippen molar-refractivity contribution >= 4 is 17.9 Å². The Kier molecular flexibility index (Phi) is 3.45. The van der Waals surface area contributed by atoms with Crippen LogP contribution in [0.25, 0.3) is 0 Å². The highest BCUT2D eigenvalue weighted by Gasteiger charge is 2.09. The van der Waals surface area contributed by atoms with Gasteiger partial charge in [-0.3, -0.25) is 4.79 Å². The van der Waals surface area contributed by atoms with Gasteiger partial charge in [-0.05, 0) is 17.7 Å². The summed E-state index contributed by atoms with van der Waals surface area (Å²) in [5.74, 6) is 0.00764. The van der Waals surface area contributed by atoms with E-state index in [2.05, 4.69) is 0 Å². The summed E-state index contributed by atoms with van der Waals surface area (Å²) in [5.41, 5.74) is 1.94. The maximum Gasteiger partial charge on any atom is 0.153 e. The summed E-state index contributed by atoms with van der Waals surface area (Å²) < 4.78 is 0. The molecule has 2 aromatic rings. The molecule has 2 aromatic carbocycles. The van der Waals surface area contributed by atoms with Crippen molar-refractivity contribution in [3.63, 3.8) is 0 Å². The lowest BCUT2D eigenvalue weighted by Gasteiger charge is -2.07. The molecule has 0 amide bonds. The number of aldehydes is 1. The van der Waals surface area contributed by atoms with Gasteiger partial charge in [-0.25, -0.2) is 0 Å². The fourth-order valence-corrected chi connectivity index (χ4v) is 1.97. The van der Waals surface area contributed by atoms with Crippen LogP contribution in [0.15, 0.2) is 42.5 Å². The van der Waals surface area contributed by atoms with E-state index in [9.17, 15) is 9.90 Å². The summed E-state index contributed by atoms with van der Waals surface area (Å²) in [5, 5.41) is 10.3. The zero-order valence-electron chi connectivity index (χ0n) is 9.06. The van der Waals surface area contributed by atoms with Crippen molar-refractivity contribution in [1.29, 1.82) is 0 Å². The number of carbonyl (C=O) groups is 1. The van der Waals surface area contributed by atoms with E-state index < -0.39 is 0 Å². The molecule has 0 radical (unpaired) electrons. The first-order valence-electron chi connectivity index (χ1n) is 5.21. The van der Waals surface area contributed by atoms with Gasteiger partial charge >= 0.3 is 0 Å². The van der Waals surface area contributed by atoms with E-state index in [4.69, 9.17) is 11.6 Å². The summed E-state index contributed by atoms with van der Waals surface area (Å²) in [6, 6.07) is 12.8. The Morgan fingerprint density at radius 2 is 1.88 bits per heavy atom. The molecule has 0 saturated carbocycles. The Hall–Kier alpha value is -1.80. The molecule has 0 heterocycles. The summed E-state index contributed by atoms with van der Waals surface area (Å²) in [4.78, 5) is 10.8. The number of halogens is 1. The number of phenolic OH excluding ortho intramolecular Hbond substituents is 1. The highest BCUT2D eigenvalue weighted by atomic mass is 35.5. The molecule has 1 N–H and O–H groups in total. The molecule has 0 unspecified atom stereocenters. The topological polar surface area (TPSA) is 37.3 Å². The third kappa shape index (κ3) is 2.66. The first-order chi connectivity index (χ1) is 8.20. The first kappa shape index (κ1) is 11.7. The van der Waals surface area contributed by atoms with Gasteiger partial charge in [0.1, 0.15) is 5.75 Å². The third-order valence-corrected chi connectivity index (χ3v) is 2.77. The highest BCUT2D eigenvalue weighted by Crippen LogP contribution is 2.27. The van der Waals surface area contributed by atoms with Crippen LogP contribution in [0, 0.1) is 0 Å². The molecule has 0 aliphatic carbocycles. The summed E-state index contributed by atoms with van der Waals surface area (Å²) in [7, 11) is 0. The van der Waals surface area contributed by atoms with Crippen LogP contribution < -0.4 is 0 Å². The lowest BCUT2D eigenvalue weighted by Crippen LogP contribution is -1.92. The molecule has 0 aromatic heterocycles. The number of rotatable bonds is 3. The normalized spacial score (nSPS) is 10.2. The SMILES string of the molecule is O=Cc1cc(Cl)cc(Cc2ccccc2)c1O. The standard InChI is InChI=1S/C14H11ClO2/c15-13-7-11(14(17)12(8-13)9-16)6-10-4-2-1-3-5-10/h1-5,7-9,17H,6H2. The van der Waals surface area contributed by atoms with Crippen LogP contribution in [-0.2, 0) is 6.42 Å². The predicted molar refractivity (Wildman–Crippen MR) is 67.8 cm³/mol. The fraction of sp³-hybridized carbons (Fsp3) is 0.0714. The molecule has 0 atom stereocenters. The highest BCUT2D eigenvalue weighted by molar-refractivity contribution is 6.31. The van der Waals surface area contributed by atoms with Crippen LogP contribution >= 0.6 is 11.6 Å². The van der Waals surface area contributed by atoms with E-state index in [0.29, 0.717) is 23.3 Å². The van der Waals surface area contributed by atoms with Gasteiger partial charge in [0.25, 0.3) is 0 Å². The van der Waals surface area contributed by atoms with E-state index in [-0.39, 0.29) is 11.3 Å². The van der Waals surface area contributed by atoms with Gasteiger partial charge in [-0.1, -0.05) is 41.9 Å². The monoisotopic (exact) mass is 246 g/mol. The molecule has 2 rings (SSSR count). The summed E-state index contributed by atoms with van der Waals surface area (Å²) >= 11 is 5.90. The van der Waals surface area contributed by atoms with Crippen LogP contribution in [-0.4, -0.2) is 11.4 Å². The van der Waals surface area contributed by atoms with Crippen molar-refractivity contribution in [2.24, 2.45) is 0 Å². The summed E-state index contributed by atoms with van der Waals surface area (Å²) in [6.45, 7) is 0. The van der Waals surface area contributed by atoms with Gasteiger partial charge in [0.2, 0.25) is 0 Å². The molecule has 17 heavy (non-hydrogen) atoms. The molecule has 2 nitrogen and oxygen atoms in total. The largest absolute Gasteiger partial charge is 0.507 e. The van der Waals surface area contributed by atoms with E-state index in [1.54, 1.807) is 6.07 Å². The molecule has 0 bridgehead atoms. The minimum Gasteiger partial charge on any atom is -0.507 e. The van der Waals surface area contributed by atoms with Crippen molar-refractivity contribution in [2.45, 2.75) is 6.42 Å². The molecule has 86 valence electrons. The molecular formula is C14H11ClO2. The van der Waals surface area contributed by atoms with Crippen LogP contribution in [0.3, 0.4) is 0 Å². The smallest absolute Gasteiger partial charge is 0.153 e. The number of hydrogen-bond acceptors (Lipinski definition) is 2. The first-order valence-corrected chi connectivity index (χ1v) is 5.59. The molecule has 0 aliphatic rings. The Balaban J connectivity index is 2.39. The van der Waals surface area contributed by atoms with E-state index in [1.165, 1.54) is 6.07 Å². The van der Waals surface area contributed by atoms with E-state index in [0.717, 1.165) is 5.56 Å². The molecule has 3 heteroatoms. The predicted octanol–water partition coefficient (Wildman–Crippen LogP) is 3.45. The maximum atomic E-state index is 10.8. The van der Waals surface area contributed by atoms with Gasteiger partial charge in [-0.2, -0.15) is 0 Å². The Morgan fingerprint density at radius 1 is 1.18 bits per heavy atom. The van der Waals surface area contributed by atoms with Gasteiger partial charge in [0.05, 0.1) is 5.56 Å². The average molecular weight is 247 g/mol. The number of benzene rings is 2. The van der Waals surface area contributed by atoms with Gasteiger partial charge in [0, 0.05) is 17.0 Å². The maximum absolute atomic E-state index is 10.8. The number of hydrogen-bond donors (Lipinski definition) is 1. The number of aromatic hydroxyl groups is 1. The van der Waals surface area contributed by atoms with Crippen LogP contribution in [0.1, 0.15) is 21.5 Å². The van der Waals surface area contributed by atoms with Crippen LogP contribution in [0.5, 0.6) is 5.75 Å². The second-order valence-corrected chi connectivity index (χ2v) is 4.22. The van der Waals surface area contributed by atoms with E-state index >= 15 is 0 Å². The Labute approximate surface area is 104 Å². The van der Waals surface area contributed by atoms with Gasteiger partial charge in [0.15, 0.2) is 6.29 Å². The quantitative estimate of drug-likeness (QED) is 0.843. The lowest BCUT2D eigenvalue weighted by atomic mass is 10.0. The molecule has 0 aliphatic heterocycles. The number of carbonyl (C=O) groups excluding carboxylic acids is 1. The Morgan fingerprint density at radius 3 is 2.53 bits per heavy atom. The van der Waals surface area contributed by atoms with Crippen molar-refractivity contribution in [2.75, 3.05) is 0 Å². The van der Waals surface area contributed by atoms with Crippen LogP contribution in [0.4, 0.5) is 0 Å². The second-order valence-electron chi connectivity index (χ2n) is 3.78. The summed E-state index contributed by atoms with van der Waals surface area (Å²) in [6.07, 6.45) is 1.16. The zero-order valence-corrected chi connectivity index (χ0v) is 9.82. The third-order valence-electron chi connectivity index (χ3n) is 2.55. The minimum absolute atomic E-state index is 0.00764. The van der Waals surface area contributed by atoms with Crippen molar-refractivity contribution < 1.29 is 9.90 Å². The molecule has 0 saturated heterocycles. The zero-order chi connectivity index (χ0) is 12.3. The van der Waals surface area contributed by atoms with Crippen molar-refractivity contribution in [1.82, 2.24) is 0 Å². The Bertz CT molecular complexity index is 535. The lowest BCUT2D eigenvalue weighted by molar-refractivity contribution is 0.112.